The summed E-state index contributed by atoms with van der Waals surface area (Å²) < 4.78 is 1.83. The van der Waals surface area contributed by atoms with Crippen LogP contribution in [0.15, 0.2) is 30.5 Å². The Hall–Kier alpha value is -2.43. The zero-order chi connectivity index (χ0) is 15.2. The van der Waals surface area contributed by atoms with E-state index in [0.717, 1.165) is 28.1 Å². The molecule has 2 N–H and O–H groups in total. The molecule has 0 aliphatic carbocycles. The van der Waals surface area contributed by atoms with Crippen molar-refractivity contribution in [1.82, 2.24) is 19.7 Å². The second-order valence-corrected chi connectivity index (χ2v) is 6.25. The first-order valence-corrected chi connectivity index (χ1v) is 6.95. The number of nitrogen functional groups attached to an aromatic ring is 1. The summed E-state index contributed by atoms with van der Waals surface area (Å²) in [6.07, 6.45) is 1.84. The van der Waals surface area contributed by atoms with E-state index in [0.29, 0.717) is 5.82 Å². The van der Waals surface area contributed by atoms with Crippen LogP contribution in [-0.4, -0.2) is 19.7 Å². The van der Waals surface area contributed by atoms with Gasteiger partial charge >= 0.3 is 0 Å². The number of benzene rings is 1. The Morgan fingerprint density at radius 2 is 1.81 bits per heavy atom. The fraction of sp³-hybridized carbons (Fsp3) is 0.312. The molecule has 0 amide bonds. The third kappa shape index (κ3) is 2.24. The average molecular weight is 281 g/mol. The highest BCUT2D eigenvalue weighted by Gasteiger charge is 2.21. The van der Waals surface area contributed by atoms with E-state index < -0.39 is 0 Å². The standard InChI is InChI=1S/C16H19N5/c1-10-13(17)19-15(16(2,3)4)20-14(10)21-12-8-6-5-7-11(12)9-18-21/h5-9H,1-4H3,(H2,17,19,20). The van der Waals surface area contributed by atoms with Gasteiger partial charge in [0.2, 0.25) is 0 Å². The number of rotatable bonds is 1. The number of hydrogen-bond donors (Lipinski definition) is 1. The first kappa shape index (κ1) is 13.5. The molecule has 0 aliphatic heterocycles. The van der Waals surface area contributed by atoms with Crippen molar-refractivity contribution in [1.29, 1.82) is 0 Å². The van der Waals surface area contributed by atoms with Crippen LogP contribution >= 0.6 is 0 Å². The number of nitrogens with two attached hydrogens (primary N) is 1. The van der Waals surface area contributed by atoms with Crippen LogP contribution in [0.25, 0.3) is 16.7 Å². The SMILES string of the molecule is Cc1c(N)nc(C(C)(C)C)nc1-n1ncc2ccccc21. The van der Waals surface area contributed by atoms with Gasteiger partial charge in [0.25, 0.3) is 0 Å². The smallest absolute Gasteiger partial charge is 0.162 e. The second-order valence-electron chi connectivity index (χ2n) is 6.25. The molecule has 0 radical (unpaired) electrons. The van der Waals surface area contributed by atoms with Crippen LogP contribution in [0, 0.1) is 6.92 Å². The Morgan fingerprint density at radius 3 is 2.52 bits per heavy atom. The van der Waals surface area contributed by atoms with E-state index in [1.165, 1.54) is 0 Å². The molecule has 0 fully saturated rings. The number of para-hydroxylation sites is 1. The monoisotopic (exact) mass is 281 g/mol. The molecule has 0 aliphatic rings. The highest BCUT2D eigenvalue weighted by atomic mass is 15.3. The number of hydrogen-bond acceptors (Lipinski definition) is 4. The second kappa shape index (κ2) is 4.55. The van der Waals surface area contributed by atoms with E-state index in [4.69, 9.17) is 10.7 Å². The van der Waals surface area contributed by atoms with Crippen molar-refractivity contribution in [3.63, 3.8) is 0 Å². The van der Waals surface area contributed by atoms with Gasteiger partial charge in [0.05, 0.1) is 11.7 Å². The fourth-order valence-corrected chi connectivity index (χ4v) is 2.20. The molecule has 5 heteroatoms. The first-order chi connectivity index (χ1) is 9.88. The summed E-state index contributed by atoms with van der Waals surface area (Å²) in [5.41, 5.74) is 7.77. The van der Waals surface area contributed by atoms with Gasteiger partial charge in [-0.05, 0) is 13.0 Å². The minimum atomic E-state index is -0.167. The maximum Gasteiger partial charge on any atom is 0.162 e. The van der Waals surface area contributed by atoms with Crippen molar-refractivity contribution in [2.45, 2.75) is 33.1 Å². The maximum absolute atomic E-state index is 6.08. The molecule has 0 saturated carbocycles. The molecule has 108 valence electrons. The van der Waals surface area contributed by atoms with Crippen LogP contribution in [0.3, 0.4) is 0 Å². The van der Waals surface area contributed by atoms with Crippen LogP contribution in [0.2, 0.25) is 0 Å². The van der Waals surface area contributed by atoms with E-state index in [1.807, 2.05) is 42.1 Å². The molecule has 0 bridgehead atoms. The molecule has 2 aromatic heterocycles. The maximum atomic E-state index is 6.08. The summed E-state index contributed by atoms with van der Waals surface area (Å²) in [5.74, 6) is 1.97. The van der Waals surface area contributed by atoms with E-state index in [1.54, 1.807) is 0 Å². The van der Waals surface area contributed by atoms with Crippen LogP contribution < -0.4 is 5.73 Å². The molecule has 21 heavy (non-hydrogen) atoms. The molecule has 2 heterocycles. The highest BCUT2D eigenvalue weighted by molar-refractivity contribution is 5.80. The Balaban J connectivity index is 2.29. The van der Waals surface area contributed by atoms with Gasteiger partial charge in [0.1, 0.15) is 11.6 Å². The van der Waals surface area contributed by atoms with Crippen LogP contribution in [0.4, 0.5) is 5.82 Å². The third-order valence-electron chi connectivity index (χ3n) is 3.51. The zero-order valence-electron chi connectivity index (χ0n) is 12.8. The van der Waals surface area contributed by atoms with Crippen molar-refractivity contribution >= 4 is 16.7 Å². The summed E-state index contributed by atoms with van der Waals surface area (Å²) in [5, 5.41) is 5.54. The molecule has 0 unspecified atom stereocenters. The largest absolute Gasteiger partial charge is 0.383 e. The first-order valence-electron chi connectivity index (χ1n) is 6.95. The van der Waals surface area contributed by atoms with Crippen LogP contribution in [-0.2, 0) is 5.41 Å². The summed E-state index contributed by atoms with van der Waals surface area (Å²) in [6, 6.07) is 8.04. The minimum absolute atomic E-state index is 0.167. The number of fused-ring (bicyclic) bond motifs is 1. The zero-order valence-corrected chi connectivity index (χ0v) is 12.8. The molecule has 5 nitrogen and oxygen atoms in total. The van der Waals surface area contributed by atoms with Gasteiger partial charge in [0.15, 0.2) is 5.82 Å². The lowest BCUT2D eigenvalue weighted by Crippen LogP contribution is -2.20. The quantitative estimate of drug-likeness (QED) is 0.744. The number of aromatic nitrogens is 4. The van der Waals surface area contributed by atoms with E-state index in [9.17, 15) is 0 Å². The van der Waals surface area contributed by atoms with Gasteiger partial charge in [-0.3, -0.25) is 0 Å². The average Bonchev–Trinajstić information content (AvgIpc) is 2.84. The Labute approximate surface area is 123 Å². The molecule has 0 saturated heterocycles. The van der Waals surface area contributed by atoms with Crippen molar-refractivity contribution in [2.24, 2.45) is 0 Å². The van der Waals surface area contributed by atoms with E-state index >= 15 is 0 Å². The summed E-state index contributed by atoms with van der Waals surface area (Å²) in [4.78, 5) is 9.13. The number of anilines is 1. The molecule has 3 aromatic rings. The van der Waals surface area contributed by atoms with Crippen molar-refractivity contribution in [3.05, 3.63) is 41.9 Å². The predicted octanol–water partition coefficient (Wildman–Crippen LogP) is 3.00. The van der Waals surface area contributed by atoms with Gasteiger partial charge in [-0.1, -0.05) is 39.0 Å². The van der Waals surface area contributed by atoms with Crippen LogP contribution in [0.1, 0.15) is 32.2 Å². The van der Waals surface area contributed by atoms with Gasteiger partial charge < -0.3 is 5.73 Å². The van der Waals surface area contributed by atoms with Gasteiger partial charge in [-0.2, -0.15) is 5.10 Å². The van der Waals surface area contributed by atoms with Crippen LogP contribution in [0.5, 0.6) is 0 Å². The lowest BCUT2D eigenvalue weighted by atomic mass is 9.95. The Bertz CT molecular complexity index is 811. The minimum Gasteiger partial charge on any atom is -0.383 e. The number of nitrogens with zero attached hydrogens (tertiary/aromatic N) is 4. The van der Waals surface area contributed by atoms with Gasteiger partial charge in [-0.15, -0.1) is 0 Å². The third-order valence-corrected chi connectivity index (χ3v) is 3.51. The molecular formula is C16H19N5. The van der Waals surface area contributed by atoms with Gasteiger partial charge in [0, 0.05) is 16.4 Å². The Kier molecular flexibility index (Phi) is 2.93. The van der Waals surface area contributed by atoms with Crippen molar-refractivity contribution < 1.29 is 0 Å². The highest BCUT2D eigenvalue weighted by Crippen LogP contribution is 2.26. The normalized spacial score (nSPS) is 12.0. The van der Waals surface area contributed by atoms with Crippen molar-refractivity contribution in [3.8, 4) is 5.82 Å². The molecular weight excluding hydrogens is 262 g/mol. The summed E-state index contributed by atoms with van der Waals surface area (Å²) in [6.45, 7) is 8.14. The molecule has 0 spiro atoms. The van der Waals surface area contributed by atoms with E-state index in [-0.39, 0.29) is 5.41 Å². The molecule has 3 rings (SSSR count). The molecule has 1 aromatic carbocycles. The van der Waals surface area contributed by atoms with E-state index in [2.05, 4.69) is 30.9 Å². The van der Waals surface area contributed by atoms with Crippen molar-refractivity contribution in [2.75, 3.05) is 5.73 Å². The topological polar surface area (TPSA) is 69.6 Å². The Morgan fingerprint density at radius 1 is 1.10 bits per heavy atom. The predicted molar refractivity (Wildman–Crippen MR) is 84.5 cm³/mol. The summed E-state index contributed by atoms with van der Waals surface area (Å²) >= 11 is 0. The van der Waals surface area contributed by atoms with Gasteiger partial charge in [-0.25, -0.2) is 14.6 Å². The molecule has 0 atom stereocenters. The lowest BCUT2D eigenvalue weighted by Gasteiger charge is -2.19. The fourth-order valence-electron chi connectivity index (χ4n) is 2.20. The lowest BCUT2D eigenvalue weighted by molar-refractivity contribution is 0.543. The summed E-state index contributed by atoms with van der Waals surface area (Å²) in [7, 11) is 0.